The van der Waals surface area contributed by atoms with Gasteiger partial charge in [-0.2, -0.15) is 0 Å². The van der Waals surface area contributed by atoms with Crippen LogP contribution in [-0.4, -0.2) is 18.1 Å². The summed E-state index contributed by atoms with van der Waals surface area (Å²) in [4.78, 5) is 8.37. The molecule has 0 bridgehead atoms. The predicted molar refractivity (Wildman–Crippen MR) is 40.2 cm³/mol. The fourth-order valence-corrected chi connectivity index (χ4v) is 0.796. The number of aliphatic imine (C=N–C) groups is 2. The van der Waals surface area contributed by atoms with Gasteiger partial charge in [-0.3, -0.25) is 4.99 Å². The van der Waals surface area contributed by atoms with Crippen LogP contribution in [-0.2, 0) is 0 Å². The molecule has 0 saturated heterocycles. The molecular weight excluding hydrogens is 112 g/mol. The summed E-state index contributed by atoms with van der Waals surface area (Å²) in [5.74, 6) is 1.41. The Morgan fingerprint density at radius 2 is 2.11 bits per heavy atom. The van der Waals surface area contributed by atoms with Crippen LogP contribution in [0.15, 0.2) is 9.98 Å². The van der Waals surface area contributed by atoms with Gasteiger partial charge in [0.05, 0.1) is 6.04 Å². The summed E-state index contributed by atoms with van der Waals surface area (Å²) in [6.45, 7) is 6.17. The Labute approximate surface area is 55.7 Å². The van der Waals surface area contributed by atoms with E-state index in [9.17, 15) is 0 Å². The van der Waals surface area contributed by atoms with Crippen molar-refractivity contribution in [1.29, 1.82) is 0 Å². The lowest BCUT2D eigenvalue weighted by Crippen LogP contribution is -2.18. The Bertz CT molecular complexity index is 158. The van der Waals surface area contributed by atoms with Gasteiger partial charge in [0.2, 0.25) is 0 Å². The molecule has 1 aliphatic heterocycles. The maximum absolute atomic E-state index is 4.28. The van der Waals surface area contributed by atoms with E-state index in [1.807, 2.05) is 13.1 Å². The Hall–Kier alpha value is -0.660. The molecule has 2 nitrogen and oxygen atoms in total. The van der Waals surface area contributed by atoms with Crippen molar-refractivity contribution >= 4 is 12.1 Å². The summed E-state index contributed by atoms with van der Waals surface area (Å²) in [6.07, 6.45) is 1.97. The third-order valence-electron chi connectivity index (χ3n) is 1.65. The molecule has 1 rings (SSSR count). The first-order valence-corrected chi connectivity index (χ1v) is 3.28. The summed E-state index contributed by atoms with van der Waals surface area (Å²) >= 11 is 0. The van der Waals surface area contributed by atoms with Crippen LogP contribution >= 0.6 is 0 Å². The number of hydrogen-bond acceptors (Lipinski definition) is 2. The maximum atomic E-state index is 4.28. The number of nitrogens with zero attached hydrogens (tertiary/aromatic N) is 2. The number of hydrogen-bond donors (Lipinski definition) is 0. The van der Waals surface area contributed by atoms with Crippen molar-refractivity contribution in [2.24, 2.45) is 15.9 Å². The van der Waals surface area contributed by atoms with Crippen molar-refractivity contribution in [3.63, 3.8) is 0 Å². The second kappa shape index (κ2) is 2.29. The highest BCUT2D eigenvalue weighted by atomic mass is 15.0. The molecule has 0 fully saturated rings. The average Bonchev–Trinajstić information content (AvgIpc) is 1.80. The van der Waals surface area contributed by atoms with E-state index in [1.165, 1.54) is 0 Å². The van der Waals surface area contributed by atoms with E-state index in [2.05, 4.69) is 23.8 Å². The molecule has 2 unspecified atom stereocenters. The highest BCUT2D eigenvalue weighted by Gasteiger charge is 2.11. The van der Waals surface area contributed by atoms with Crippen molar-refractivity contribution in [2.75, 3.05) is 0 Å². The minimum absolute atomic E-state index is 0.419. The van der Waals surface area contributed by atoms with E-state index in [-0.39, 0.29) is 0 Å². The van der Waals surface area contributed by atoms with Gasteiger partial charge in [-0.25, -0.2) is 4.99 Å². The summed E-state index contributed by atoms with van der Waals surface area (Å²) in [6, 6.07) is 0.419. The second-order valence-corrected chi connectivity index (χ2v) is 2.55. The second-order valence-electron chi connectivity index (χ2n) is 2.55. The Morgan fingerprint density at radius 3 is 2.56 bits per heavy atom. The number of amidine groups is 1. The van der Waals surface area contributed by atoms with Crippen molar-refractivity contribution in [1.82, 2.24) is 0 Å². The van der Waals surface area contributed by atoms with E-state index in [0.717, 1.165) is 5.84 Å². The van der Waals surface area contributed by atoms with Crippen molar-refractivity contribution in [3.8, 4) is 0 Å². The highest BCUT2D eigenvalue weighted by molar-refractivity contribution is 5.90. The molecule has 0 aromatic carbocycles. The number of rotatable bonds is 0. The molecule has 0 spiro atoms. The molecule has 2 atom stereocenters. The minimum atomic E-state index is 0.419. The molecule has 0 aliphatic carbocycles. The van der Waals surface area contributed by atoms with Crippen LogP contribution in [0.1, 0.15) is 20.8 Å². The van der Waals surface area contributed by atoms with Crippen LogP contribution in [0.2, 0.25) is 0 Å². The van der Waals surface area contributed by atoms with Crippen LogP contribution in [0.25, 0.3) is 0 Å². The lowest BCUT2D eigenvalue weighted by molar-refractivity contribution is 0.616. The minimum Gasteiger partial charge on any atom is -0.267 e. The van der Waals surface area contributed by atoms with Gasteiger partial charge < -0.3 is 0 Å². The molecule has 2 heteroatoms. The predicted octanol–water partition coefficient (Wildman–Crippen LogP) is 1.51. The third kappa shape index (κ3) is 1.37. The first-order chi connectivity index (χ1) is 4.20. The standard InChI is InChI=1S/C7H12N2/c1-5-4-8-7(3)9-6(5)2/h4-6H,1-3H3. The van der Waals surface area contributed by atoms with E-state index >= 15 is 0 Å². The Kier molecular flexibility index (Phi) is 1.65. The normalized spacial score (nSPS) is 34.3. The summed E-state index contributed by atoms with van der Waals surface area (Å²) < 4.78 is 0. The zero-order chi connectivity index (χ0) is 6.85. The molecule has 0 N–H and O–H groups in total. The lowest BCUT2D eigenvalue weighted by atomic mass is 10.1. The fraction of sp³-hybridized carbons (Fsp3) is 0.714. The first kappa shape index (κ1) is 6.46. The van der Waals surface area contributed by atoms with Crippen molar-refractivity contribution in [3.05, 3.63) is 0 Å². The quantitative estimate of drug-likeness (QED) is 0.467. The van der Waals surface area contributed by atoms with Gasteiger partial charge in [0.15, 0.2) is 0 Å². The summed E-state index contributed by atoms with van der Waals surface area (Å²) in [7, 11) is 0. The van der Waals surface area contributed by atoms with Gasteiger partial charge >= 0.3 is 0 Å². The van der Waals surface area contributed by atoms with Gasteiger partial charge in [0.1, 0.15) is 5.84 Å². The molecule has 0 amide bonds. The van der Waals surface area contributed by atoms with Crippen molar-refractivity contribution in [2.45, 2.75) is 26.8 Å². The van der Waals surface area contributed by atoms with Gasteiger partial charge in [-0.15, -0.1) is 0 Å². The molecule has 1 heterocycles. The van der Waals surface area contributed by atoms with E-state index in [4.69, 9.17) is 0 Å². The van der Waals surface area contributed by atoms with Crippen molar-refractivity contribution < 1.29 is 0 Å². The van der Waals surface area contributed by atoms with E-state index in [1.54, 1.807) is 0 Å². The maximum Gasteiger partial charge on any atom is 0.119 e. The van der Waals surface area contributed by atoms with Gasteiger partial charge in [0.25, 0.3) is 0 Å². The molecular formula is C7H12N2. The van der Waals surface area contributed by atoms with Crippen LogP contribution in [0.4, 0.5) is 0 Å². The molecule has 0 saturated carbocycles. The van der Waals surface area contributed by atoms with E-state index < -0.39 is 0 Å². The average molecular weight is 124 g/mol. The third-order valence-corrected chi connectivity index (χ3v) is 1.65. The molecule has 0 radical (unpaired) electrons. The summed E-state index contributed by atoms with van der Waals surface area (Å²) in [5.41, 5.74) is 0. The molecule has 50 valence electrons. The topological polar surface area (TPSA) is 24.7 Å². The van der Waals surface area contributed by atoms with Crippen LogP contribution < -0.4 is 0 Å². The summed E-state index contributed by atoms with van der Waals surface area (Å²) in [5, 5.41) is 0. The van der Waals surface area contributed by atoms with Gasteiger partial charge in [-0.05, 0) is 13.8 Å². The Balaban J connectivity index is 2.70. The molecule has 1 aliphatic rings. The van der Waals surface area contributed by atoms with Crippen LogP contribution in [0.5, 0.6) is 0 Å². The SMILES string of the molecule is CC1=NC(C)C(C)C=N1. The van der Waals surface area contributed by atoms with Crippen LogP contribution in [0.3, 0.4) is 0 Å². The zero-order valence-corrected chi connectivity index (χ0v) is 6.13. The van der Waals surface area contributed by atoms with Gasteiger partial charge in [-0.1, -0.05) is 6.92 Å². The largest absolute Gasteiger partial charge is 0.267 e. The van der Waals surface area contributed by atoms with E-state index in [0.29, 0.717) is 12.0 Å². The fourth-order valence-electron chi connectivity index (χ4n) is 0.796. The van der Waals surface area contributed by atoms with Gasteiger partial charge in [0, 0.05) is 12.1 Å². The molecule has 0 aromatic heterocycles. The monoisotopic (exact) mass is 124 g/mol. The first-order valence-electron chi connectivity index (χ1n) is 3.28. The smallest absolute Gasteiger partial charge is 0.119 e. The van der Waals surface area contributed by atoms with Crippen LogP contribution in [0, 0.1) is 5.92 Å². The Morgan fingerprint density at radius 1 is 1.44 bits per heavy atom. The highest BCUT2D eigenvalue weighted by Crippen LogP contribution is 2.08. The molecule has 9 heavy (non-hydrogen) atoms. The molecule has 0 aromatic rings. The zero-order valence-electron chi connectivity index (χ0n) is 6.13. The lowest BCUT2D eigenvalue weighted by Gasteiger charge is -2.15.